The molecule has 8 nitrogen and oxygen atoms in total. The zero-order valence-corrected chi connectivity index (χ0v) is 20.1. The number of aryl methyl sites for hydroxylation is 3. The average molecular weight is 479 g/mol. The van der Waals surface area contributed by atoms with E-state index < -0.39 is 0 Å². The van der Waals surface area contributed by atoms with Crippen molar-refractivity contribution in [2.24, 2.45) is 0 Å². The molecule has 3 aromatic heterocycles. The summed E-state index contributed by atoms with van der Waals surface area (Å²) in [5.74, 6) is 2.24. The lowest BCUT2D eigenvalue weighted by atomic mass is 10.2. The van der Waals surface area contributed by atoms with Crippen LogP contribution in [0.3, 0.4) is 0 Å². The average Bonchev–Trinajstić information content (AvgIpc) is 3.11. The zero-order chi connectivity index (χ0) is 24.1. The molecule has 0 aliphatic heterocycles. The van der Waals surface area contributed by atoms with Crippen molar-refractivity contribution in [2.75, 3.05) is 6.61 Å². The normalized spacial score (nSPS) is 10.9. The van der Waals surface area contributed by atoms with E-state index in [4.69, 9.17) is 9.47 Å². The number of hydrogen-bond acceptors (Lipinski definition) is 7. The number of nitrogens with one attached hydrogen (secondary N) is 2. The van der Waals surface area contributed by atoms with Crippen LogP contribution in [0.2, 0.25) is 0 Å². The van der Waals surface area contributed by atoms with Crippen molar-refractivity contribution in [1.29, 1.82) is 0 Å². The molecule has 34 heavy (non-hydrogen) atoms. The molecule has 2 N–H and O–H groups in total. The van der Waals surface area contributed by atoms with Gasteiger partial charge in [-0.3, -0.25) is 9.59 Å². The Bertz CT molecular complexity index is 1360. The summed E-state index contributed by atoms with van der Waals surface area (Å²) >= 11 is 1.50. The second kappa shape index (κ2) is 10.5. The summed E-state index contributed by atoms with van der Waals surface area (Å²) in [6.45, 7) is 6.77. The SMILES string of the molecule is CCOc1ccc(Oc2cc(CNC(=O)CCc3nc4sc(C)c(C)c4c(=O)[nH]3)ccn2)cc1. The van der Waals surface area contributed by atoms with Gasteiger partial charge in [-0.05, 0) is 62.2 Å². The minimum absolute atomic E-state index is 0.132. The molecule has 1 aromatic carbocycles. The molecule has 4 rings (SSSR count). The van der Waals surface area contributed by atoms with Gasteiger partial charge in [0.05, 0.1) is 12.0 Å². The van der Waals surface area contributed by atoms with E-state index in [1.165, 1.54) is 11.3 Å². The third-order valence-electron chi connectivity index (χ3n) is 5.32. The summed E-state index contributed by atoms with van der Waals surface area (Å²) in [4.78, 5) is 38.1. The number of nitrogens with zero attached hydrogens (tertiary/aromatic N) is 2. The molecule has 3 heterocycles. The fraction of sp³-hybridized carbons (Fsp3) is 0.280. The van der Waals surface area contributed by atoms with Gasteiger partial charge in [-0.1, -0.05) is 0 Å². The molecule has 0 bridgehead atoms. The summed E-state index contributed by atoms with van der Waals surface area (Å²) in [7, 11) is 0. The molecule has 0 saturated heterocycles. The van der Waals surface area contributed by atoms with E-state index in [0.29, 0.717) is 47.2 Å². The molecule has 1 amide bonds. The van der Waals surface area contributed by atoms with Crippen molar-refractivity contribution in [3.05, 3.63) is 74.8 Å². The van der Waals surface area contributed by atoms with Crippen molar-refractivity contribution in [1.82, 2.24) is 20.3 Å². The number of ether oxygens (including phenoxy) is 2. The lowest BCUT2D eigenvalue weighted by molar-refractivity contribution is -0.121. The van der Waals surface area contributed by atoms with Gasteiger partial charge < -0.3 is 19.8 Å². The molecule has 9 heteroatoms. The number of carbonyl (C=O) groups is 1. The van der Waals surface area contributed by atoms with Crippen LogP contribution in [0.4, 0.5) is 0 Å². The fourth-order valence-corrected chi connectivity index (χ4v) is 4.50. The van der Waals surface area contributed by atoms with Crippen LogP contribution < -0.4 is 20.3 Å². The number of thiophene rings is 1. The second-order valence-corrected chi connectivity index (χ2v) is 8.96. The number of amides is 1. The van der Waals surface area contributed by atoms with Gasteiger partial charge in [-0.25, -0.2) is 9.97 Å². The Labute approximate surface area is 201 Å². The number of rotatable bonds is 9. The van der Waals surface area contributed by atoms with Crippen LogP contribution in [0.1, 0.15) is 35.2 Å². The Morgan fingerprint density at radius 1 is 1.15 bits per heavy atom. The van der Waals surface area contributed by atoms with Crippen molar-refractivity contribution in [3.8, 4) is 17.4 Å². The number of benzene rings is 1. The molecular weight excluding hydrogens is 452 g/mol. The monoisotopic (exact) mass is 478 g/mol. The van der Waals surface area contributed by atoms with Crippen LogP contribution in [-0.2, 0) is 17.8 Å². The Hall–Kier alpha value is -3.72. The maximum atomic E-state index is 12.4. The molecular formula is C25H26N4O4S. The van der Waals surface area contributed by atoms with Gasteiger partial charge in [0.15, 0.2) is 0 Å². The molecule has 176 valence electrons. The number of pyridine rings is 1. The van der Waals surface area contributed by atoms with Crippen molar-refractivity contribution < 1.29 is 14.3 Å². The molecule has 0 fully saturated rings. The first-order valence-corrected chi connectivity index (χ1v) is 11.9. The largest absolute Gasteiger partial charge is 0.494 e. The van der Waals surface area contributed by atoms with Gasteiger partial charge in [0.25, 0.3) is 5.56 Å². The molecule has 0 atom stereocenters. The number of hydrogen-bond donors (Lipinski definition) is 2. The van der Waals surface area contributed by atoms with Gasteiger partial charge in [0.2, 0.25) is 11.8 Å². The first kappa shape index (κ1) is 23.4. The Balaban J connectivity index is 1.31. The summed E-state index contributed by atoms with van der Waals surface area (Å²) in [6.07, 6.45) is 2.22. The predicted octanol–water partition coefficient (Wildman–Crippen LogP) is 4.44. The number of aromatic amines is 1. The van der Waals surface area contributed by atoms with Crippen LogP contribution >= 0.6 is 11.3 Å². The standard InChI is InChI=1S/C25H26N4O4S/c1-4-32-18-5-7-19(8-6-18)33-22-13-17(11-12-26-22)14-27-21(30)10-9-20-28-24(31)23-15(2)16(3)34-25(23)29-20/h5-8,11-13H,4,9-10,14H2,1-3H3,(H,27,30)(H,28,29,31). The van der Waals surface area contributed by atoms with Gasteiger partial charge in [-0.2, -0.15) is 0 Å². The second-order valence-electron chi connectivity index (χ2n) is 7.76. The van der Waals surface area contributed by atoms with E-state index in [-0.39, 0.29) is 17.9 Å². The number of aromatic nitrogens is 3. The smallest absolute Gasteiger partial charge is 0.259 e. The molecule has 0 spiro atoms. The van der Waals surface area contributed by atoms with Crippen LogP contribution in [0.15, 0.2) is 47.4 Å². The van der Waals surface area contributed by atoms with Gasteiger partial charge >= 0.3 is 0 Å². The van der Waals surface area contributed by atoms with Crippen LogP contribution in [0.5, 0.6) is 17.4 Å². The van der Waals surface area contributed by atoms with Crippen LogP contribution in [0.25, 0.3) is 10.2 Å². The van der Waals surface area contributed by atoms with E-state index in [1.807, 2.05) is 51.1 Å². The number of H-pyrrole nitrogens is 1. The van der Waals surface area contributed by atoms with E-state index in [1.54, 1.807) is 12.3 Å². The predicted molar refractivity (Wildman–Crippen MR) is 132 cm³/mol. The summed E-state index contributed by atoms with van der Waals surface area (Å²) < 4.78 is 11.2. The first-order chi connectivity index (χ1) is 16.4. The highest BCUT2D eigenvalue weighted by atomic mass is 32.1. The summed E-state index contributed by atoms with van der Waals surface area (Å²) in [6, 6.07) is 10.9. The first-order valence-electron chi connectivity index (χ1n) is 11.0. The van der Waals surface area contributed by atoms with Gasteiger partial charge in [0.1, 0.15) is 22.2 Å². The van der Waals surface area contributed by atoms with E-state index in [9.17, 15) is 9.59 Å². The van der Waals surface area contributed by atoms with Gasteiger partial charge in [0, 0.05) is 36.5 Å². The van der Waals surface area contributed by atoms with Gasteiger partial charge in [-0.15, -0.1) is 11.3 Å². The molecule has 0 saturated carbocycles. The van der Waals surface area contributed by atoms with E-state index >= 15 is 0 Å². The topological polar surface area (TPSA) is 106 Å². The molecule has 0 unspecified atom stereocenters. The minimum atomic E-state index is -0.154. The molecule has 0 aliphatic carbocycles. The van der Waals surface area contributed by atoms with Crippen LogP contribution in [-0.4, -0.2) is 27.5 Å². The highest BCUT2D eigenvalue weighted by Crippen LogP contribution is 2.26. The van der Waals surface area contributed by atoms with Crippen molar-refractivity contribution >= 4 is 27.5 Å². The fourth-order valence-electron chi connectivity index (χ4n) is 3.45. The number of fused-ring (bicyclic) bond motifs is 1. The summed E-state index contributed by atoms with van der Waals surface area (Å²) in [5.41, 5.74) is 1.67. The number of carbonyl (C=O) groups excluding carboxylic acids is 1. The lowest BCUT2D eigenvalue weighted by Gasteiger charge is -2.09. The molecule has 0 aliphatic rings. The third-order valence-corrected chi connectivity index (χ3v) is 6.42. The Kier molecular flexibility index (Phi) is 7.22. The van der Waals surface area contributed by atoms with Crippen LogP contribution in [0, 0.1) is 13.8 Å². The Morgan fingerprint density at radius 3 is 2.68 bits per heavy atom. The highest BCUT2D eigenvalue weighted by molar-refractivity contribution is 7.18. The lowest BCUT2D eigenvalue weighted by Crippen LogP contribution is -2.23. The van der Waals surface area contributed by atoms with E-state index in [0.717, 1.165) is 21.8 Å². The maximum absolute atomic E-state index is 12.4. The highest BCUT2D eigenvalue weighted by Gasteiger charge is 2.13. The molecule has 4 aromatic rings. The minimum Gasteiger partial charge on any atom is -0.494 e. The quantitative estimate of drug-likeness (QED) is 0.368. The molecule has 0 radical (unpaired) electrons. The maximum Gasteiger partial charge on any atom is 0.259 e. The third kappa shape index (κ3) is 5.60. The Morgan fingerprint density at radius 2 is 1.91 bits per heavy atom. The van der Waals surface area contributed by atoms with Crippen molar-refractivity contribution in [3.63, 3.8) is 0 Å². The van der Waals surface area contributed by atoms with E-state index in [2.05, 4.69) is 20.3 Å². The van der Waals surface area contributed by atoms with Crippen molar-refractivity contribution in [2.45, 2.75) is 40.2 Å². The summed E-state index contributed by atoms with van der Waals surface area (Å²) in [5, 5.41) is 3.53. The zero-order valence-electron chi connectivity index (χ0n) is 19.3.